The lowest BCUT2D eigenvalue weighted by Gasteiger charge is -2.33. The van der Waals surface area contributed by atoms with Gasteiger partial charge < -0.3 is 5.32 Å². The fourth-order valence-electron chi connectivity index (χ4n) is 2.89. The van der Waals surface area contributed by atoms with Gasteiger partial charge >= 0.3 is 0 Å². The van der Waals surface area contributed by atoms with E-state index >= 15 is 0 Å². The van der Waals surface area contributed by atoms with Gasteiger partial charge in [0.2, 0.25) is 5.92 Å². The molecule has 20 heavy (non-hydrogen) atoms. The Hall–Kier alpha value is -1.10. The lowest BCUT2D eigenvalue weighted by Crippen LogP contribution is -2.39. The first-order chi connectivity index (χ1) is 9.41. The normalized spacial score (nSPS) is 20.9. The van der Waals surface area contributed by atoms with Crippen LogP contribution in [-0.4, -0.2) is 19.0 Å². The van der Waals surface area contributed by atoms with Crippen molar-refractivity contribution in [2.24, 2.45) is 5.92 Å². The molecule has 0 heterocycles. The lowest BCUT2D eigenvalue weighted by atomic mass is 9.80. The van der Waals surface area contributed by atoms with Crippen molar-refractivity contribution >= 4 is 0 Å². The van der Waals surface area contributed by atoms with E-state index in [1.807, 2.05) is 0 Å². The molecule has 0 aliphatic heterocycles. The van der Waals surface area contributed by atoms with Crippen LogP contribution in [0.2, 0.25) is 0 Å². The van der Waals surface area contributed by atoms with E-state index in [2.05, 4.69) is 5.32 Å². The number of likely N-dealkylation sites (N-methyl/N-ethyl adjacent to an activating group) is 1. The molecule has 2 rings (SSSR count). The zero-order valence-corrected chi connectivity index (χ0v) is 11.4. The molecule has 1 aliphatic rings. The average molecular weight is 289 g/mol. The van der Waals surface area contributed by atoms with Crippen LogP contribution in [0.1, 0.15) is 31.2 Å². The highest BCUT2D eigenvalue weighted by atomic mass is 19.3. The van der Waals surface area contributed by atoms with E-state index in [0.717, 1.165) is 6.07 Å². The summed E-state index contributed by atoms with van der Waals surface area (Å²) >= 11 is 0. The molecule has 1 fully saturated rings. The van der Waals surface area contributed by atoms with E-state index in [4.69, 9.17) is 0 Å². The lowest BCUT2D eigenvalue weighted by molar-refractivity contribution is -0.0492. The van der Waals surface area contributed by atoms with Crippen LogP contribution in [0.4, 0.5) is 17.6 Å². The number of hydrogen-bond donors (Lipinski definition) is 1. The largest absolute Gasteiger partial charge is 0.316 e. The van der Waals surface area contributed by atoms with Crippen LogP contribution in [-0.2, 0) is 6.42 Å². The third kappa shape index (κ3) is 3.72. The van der Waals surface area contributed by atoms with Crippen molar-refractivity contribution in [3.05, 3.63) is 35.4 Å². The summed E-state index contributed by atoms with van der Waals surface area (Å²) in [5, 5.41) is 3.12. The van der Waals surface area contributed by atoms with E-state index in [-0.39, 0.29) is 24.8 Å². The maximum absolute atomic E-state index is 13.2. The van der Waals surface area contributed by atoms with Crippen molar-refractivity contribution < 1.29 is 17.6 Å². The molecule has 1 aromatic carbocycles. The van der Waals surface area contributed by atoms with Gasteiger partial charge in [0.05, 0.1) is 0 Å². The number of nitrogens with one attached hydrogen (secondary N) is 1. The van der Waals surface area contributed by atoms with E-state index in [1.165, 1.54) is 6.07 Å². The molecule has 1 atom stereocenters. The Kier molecular flexibility index (Phi) is 4.68. The third-order valence-electron chi connectivity index (χ3n) is 4.14. The van der Waals surface area contributed by atoms with Crippen LogP contribution in [0.15, 0.2) is 18.2 Å². The van der Waals surface area contributed by atoms with Crippen LogP contribution in [0.3, 0.4) is 0 Å². The highest BCUT2D eigenvalue weighted by Crippen LogP contribution is 2.38. The smallest absolute Gasteiger partial charge is 0.248 e. The summed E-state index contributed by atoms with van der Waals surface area (Å²) in [5.74, 6) is -4.14. The molecular weight excluding hydrogens is 270 g/mol. The van der Waals surface area contributed by atoms with Crippen molar-refractivity contribution in [1.82, 2.24) is 5.32 Å². The number of benzene rings is 1. The van der Waals surface area contributed by atoms with E-state index in [1.54, 1.807) is 13.1 Å². The van der Waals surface area contributed by atoms with Gasteiger partial charge in [-0.25, -0.2) is 17.6 Å². The molecule has 0 spiro atoms. The van der Waals surface area contributed by atoms with Crippen molar-refractivity contribution in [2.45, 2.75) is 44.1 Å². The van der Waals surface area contributed by atoms with Crippen LogP contribution < -0.4 is 5.32 Å². The van der Waals surface area contributed by atoms with Gasteiger partial charge in [0, 0.05) is 18.9 Å². The highest BCUT2D eigenvalue weighted by Gasteiger charge is 2.37. The van der Waals surface area contributed by atoms with Gasteiger partial charge in [-0.2, -0.15) is 0 Å². The summed E-state index contributed by atoms with van der Waals surface area (Å²) < 4.78 is 52.4. The fraction of sp³-hybridized carbons (Fsp3) is 0.600. The van der Waals surface area contributed by atoms with Crippen LogP contribution in [0.25, 0.3) is 0 Å². The summed E-state index contributed by atoms with van der Waals surface area (Å²) in [4.78, 5) is 0. The molecule has 1 unspecified atom stereocenters. The van der Waals surface area contributed by atoms with E-state index in [9.17, 15) is 17.6 Å². The Labute approximate surface area is 116 Å². The molecule has 1 nitrogen and oxygen atoms in total. The second-order valence-corrected chi connectivity index (χ2v) is 5.54. The molecule has 0 bridgehead atoms. The Balaban J connectivity index is 2.00. The molecular formula is C15H19F4N. The first-order valence-electron chi connectivity index (χ1n) is 6.90. The average Bonchev–Trinajstić information content (AvgIpc) is 2.40. The molecule has 1 aromatic rings. The van der Waals surface area contributed by atoms with Gasteiger partial charge in [-0.1, -0.05) is 6.07 Å². The number of rotatable bonds is 4. The van der Waals surface area contributed by atoms with Crippen LogP contribution in [0.5, 0.6) is 0 Å². The predicted molar refractivity (Wildman–Crippen MR) is 69.8 cm³/mol. The van der Waals surface area contributed by atoms with Gasteiger partial charge in [-0.15, -0.1) is 0 Å². The Morgan fingerprint density at radius 2 is 1.85 bits per heavy atom. The molecule has 1 saturated carbocycles. The van der Waals surface area contributed by atoms with Gasteiger partial charge in [-0.3, -0.25) is 0 Å². The zero-order chi connectivity index (χ0) is 14.8. The second-order valence-electron chi connectivity index (χ2n) is 5.54. The standard InChI is InChI=1S/C15H19F4N/c1-20-14(11-4-6-15(18,19)7-5-11)9-10-2-3-12(16)13(17)8-10/h2-3,8,11,14,20H,4-7,9H2,1H3. The van der Waals surface area contributed by atoms with Crippen LogP contribution in [0, 0.1) is 17.6 Å². The topological polar surface area (TPSA) is 12.0 Å². The second kappa shape index (κ2) is 6.12. The summed E-state index contributed by atoms with van der Waals surface area (Å²) in [7, 11) is 1.78. The van der Waals surface area contributed by atoms with Crippen molar-refractivity contribution in [3.8, 4) is 0 Å². The third-order valence-corrected chi connectivity index (χ3v) is 4.14. The van der Waals surface area contributed by atoms with Gasteiger partial charge in [0.15, 0.2) is 11.6 Å². The molecule has 1 aliphatic carbocycles. The fourth-order valence-corrected chi connectivity index (χ4v) is 2.89. The predicted octanol–water partition coefficient (Wildman–Crippen LogP) is 3.92. The Morgan fingerprint density at radius 1 is 1.20 bits per heavy atom. The SMILES string of the molecule is CNC(Cc1ccc(F)c(F)c1)C1CCC(F)(F)CC1. The van der Waals surface area contributed by atoms with Gasteiger partial charge in [0.1, 0.15) is 0 Å². The molecule has 112 valence electrons. The monoisotopic (exact) mass is 289 g/mol. The Morgan fingerprint density at radius 3 is 2.40 bits per heavy atom. The summed E-state index contributed by atoms with van der Waals surface area (Å²) in [6.07, 6.45) is 1.26. The van der Waals surface area contributed by atoms with Crippen molar-refractivity contribution in [1.29, 1.82) is 0 Å². The maximum atomic E-state index is 13.2. The van der Waals surface area contributed by atoms with E-state index in [0.29, 0.717) is 24.8 Å². The molecule has 0 aromatic heterocycles. The minimum atomic E-state index is -2.54. The van der Waals surface area contributed by atoms with E-state index < -0.39 is 17.6 Å². The van der Waals surface area contributed by atoms with Gasteiger partial charge in [-0.05, 0) is 49.9 Å². The molecule has 0 radical (unpaired) electrons. The number of halogens is 4. The van der Waals surface area contributed by atoms with Crippen molar-refractivity contribution in [2.75, 3.05) is 7.05 Å². The van der Waals surface area contributed by atoms with Crippen LogP contribution >= 0.6 is 0 Å². The zero-order valence-electron chi connectivity index (χ0n) is 11.4. The molecule has 5 heteroatoms. The van der Waals surface area contributed by atoms with Crippen molar-refractivity contribution in [3.63, 3.8) is 0 Å². The maximum Gasteiger partial charge on any atom is 0.248 e. The quantitative estimate of drug-likeness (QED) is 0.828. The Bertz CT molecular complexity index is 451. The highest BCUT2D eigenvalue weighted by molar-refractivity contribution is 5.19. The number of alkyl halides is 2. The molecule has 1 N–H and O–H groups in total. The summed E-state index contributed by atoms with van der Waals surface area (Å²) in [6.45, 7) is 0. The summed E-state index contributed by atoms with van der Waals surface area (Å²) in [5.41, 5.74) is 0.681. The van der Waals surface area contributed by atoms with Gasteiger partial charge in [0.25, 0.3) is 0 Å². The summed E-state index contributed by atoms with van der Waals surface area (Å²) in [6, 6.07) is 3.83. The first kappa shape index (κ1) is 15.3. The minimum Gasteiger partial charge on any atom is -0.316 e. The first-order valence-corrected chi connectivity index (χ1v) is 6.90. The molecule has 0 saturated heterocycles. The molecule has 0 amide bonds. The minimum absolute atomic E-state index is 0.0101. The number of hydrogen-bond acceptors (Lipinski definition) is 1.